The average molecular weight is 283 g/mol. The van der Waals surface area contributed by atoms with Crippen molar-refractivity contribution < 1.29 is 4.74 Å². The number of methoxy groups -OCH3 is 1. The van der Waals surface area contributed by atoms with Crippen molar-refractivity contribution in [1.29, 1.82) is 0 Å². The van der Waals surface area contributed by atoms with Gasteiger partial charge in [0.1, 0.15) is 0 Å². The molecule has 0 atom stereocenters. The third-order valence-electron chi connectivity index (χ3n) is 3.36. The van der Waals surface area contributed by atoms with Crippen LogP contribution in [-0.4, -0.2) is 38.3 Å². The van der Waals surface area contributed by atoms with Crippen LogP contribution in [0.25, 0.3) is 0 Å². The molecule has 0 spiro atoms. The summed E-state index contributed by atoms with van der Waals surface area (Å²) >= 11 is 1.85. The fourth-order valence-electron chi connectivity index (χ4n) is 2.23. The van der Waals surface area contributed by atoms with Gasteiger partial charge >= 0.3 is 0 Å². The third kappa shape index (κ3) is 3.91. The SMILES string of the molecule is CCCc1nc(N(CCOC)C2CC2)sc1CNC. The quantitative estimate of drug-likeness (QED) is 0.755. The maximum atomic E-state index is 5.23. The van der Waals surface area contributed by atoms with Gasteiger partial charge in [-0.1, -0.05) is 13.3 Å². The van der Waals surface area contributed by atoms with Crippen molar-refractivity contribution >= 4 is 16.5 Å². The number of ether oxygens (including phenoxy) is 1. The lowest BCUT2D eigenvalue weighted by atomic mass is 10.2. The molecule has 0 radical (unpaired) electrons. The molecular weight excluding hydrogens is 258 g/mol. The number of hydrogen-bond donors (Lipinski definition) is 1. The second-order valence-electron chi connectivity index (χ2n) is 5.06. The Kier molecular flexibility index (Phi) is 5.60. The van der Waals surface area contributed by atoms with Crippen LogP contribution in [0, 0.1) is 0 Å². The molecule has 1 aliphatic rings. The zero-order chi connectivity index (χ0) is 13.7. The number of nitrogens with zero attached hydrogens (tertiary/aromatic N) is 2. The van der Waals surface area contributed by atoms with Gasteiger partial charge in [0.15, 0.2) is 5.13 Å². The van der Waals surface area contributed by atoms with Gasteiger partial charge in [0.2, 0.25) is 0 Å². The Morgan fingerprint density at radius 2 is 2.26 bits per heavy atom. The molecule has 0 saturated heterocycles. The molecule has 1 N–H and O–H groups in total. The molecule has 1 aliphatic carbocycles. The predicted octanol–water partition coefficient (Wildman–Crippen LogP) is 2.43. The van der Waals surface area contributed by atoms with Gasteiger partial charge in [-0.05, 0) is 26.3 Å². The molecule has 0 amide bonds. The standard InChI is InChI=1S/C14H25N3OS/c1-4-5-12-13(10-15-2)19-14(16-12)17(8-9-18-3)11-6-7-11/h11,15H,4-10H2,1-3H3. The van der Waals surface area contributed by atoms with E-state index in [1.165, 1.54) is 28.5 Å². The molecule has 1 saturated carbocycles. The highest BCUT2D eigenvalue weighted by Crippen LogP contribution is 2.35. The van der Waals surface area contributed by atoms with Crippen molar-refractivity contribution in [1.82, 2.24) is 10.3 Å². The molecule has 1 aromatic heterocycles. The van der Waals surface area contributed by atoms with Crippen molar-refractivity contribution in [3.8, 4) is 0 Å². The Balaban J connectivity index is 2.13. The van der Waals surface area contributed by atoms with E-state index in [2.05, 4.69) is 17.1 Å². The van der Waals surface area contributed by atoms with Gasteiger partial charge in [0.25, 0.3) is 0 Å². The molecule has 2 rings (SSSR count). The van der Waals surface area contributed by atoms with E-state index >= 15 is 0 Å². The first kappa shape index (κ1) is 14.8. The highest BCUT2D eigenvalue weighted by atomic mass is 32.1. The van der Waals surface area contributed by atoms with Gasteiger partial charge in [-0.15, -0.1) is 11.3 Å². The Morgan fingerprint density at radius 3 is 2.84 bits per heavy atom. The smallest absolute Gasteiger partial charge is 0.186 e. The molecular formula is C14H25N3OS. The van der Waals surface area contributed by atoms with Crippen LogP contribution in [0.3, 0.4) is 0 Å². The van der Waals surface area contributed by atoms with Gasteiger partial charge in [-0.2, -0.15) is 0 Å². The number of hydrogen-bond acceptors (Lipinski definition) is 5. The summed E-state index contributed by atoms with van der Waals surface area (Å²) in [4.78, 5) is 8.71. The number of aromatic nitrogens is 1. The van der Waals surface area contributed by atoms with Crippen molar-refractivity contribution in [2.24, 2.45) is 0 Å². The van der Waals surface area contributed by atoms with E-state index in [1.807, 2.05) is 18.4 Å². The molecule has 108 valence electrons. The first-order valence-corrected chi connectivity index (χ1v) is 8.00. The molecule has 1 aromatic rings. The van der Waals surface area contributed by atoms with Crippen LogP contribution in [-0.2, 0) is 17.7 Å². The largest absolute Gasteiger partial charge is 0.383 e. The van der Waals surface area contributed by atoms with Gasteiger partial charge in [0, 0.05) is 31.1 Å². The molecule has 0 aliphatic heterocycles. The fourth-order valence-corrected chi connectivity index (χ4v) is 3.45. The minimum Gasteiger partial charge on any atom is -0.383 e. The fraction of sp³-hybridized carbons (Fsp3) is 0.786. The lowest BCUT2D eigenvalue weighted by Gasteiger charge is -2.20. The lowest BCUT2D eigenvalue weighted by molar-refractivity contribution is 0.205. The number of nitrogens with one attached hydrogen (secondary N) is 1. The first-order chi connectivity index (χ1) is 9.30. The number of anilines is 1. The van der Waals surface area contributed by atoms with E-state index in [-0.39, 0.29) is 0 Å². The van der Waals surface area contributed by atoms with Crippen LogP contribution >= 0.6 is 11.3 Å². The summed E-state index contributed by atoms with van der Waals surface area (Å²) in [5.41, 5.74) is 1.28. The number of thiazole rings is 1. The van der Waals surface area contributed by atoms with E-state index in [4.69, 9.17) is 9.72 Å². The molecule has 1 fully saturated rings. The summed E-state index contributed by atoms with van der Waals surface area (Å²) < 4.78 is 5.23. The summed E-state index contributed by atoms with van der Waals surface area (Å²) in [5, 5.41) is 4.44. The molecule has 0 unspecified atom stereocenters. The van der Waals surface area contributed by atoms with Crippen LogP contribution in [0.1, 0.15) is 36.8 Å². The zero-order valence-electron chi connectivity index (χ0n) is 12.2. The Hall–Kier alpha value is -0.650. The second-order valence-corrected chi connectivity index (χ2v) is 6.13. The van der Waals surface area contributed by atoms with E-state index < -0.39 is 0 Å². The van der Waals surface area contributed by atoms with Gasteiger partial charge < -0.3 is 15.0 Å². The molecule has 4 nitrogen and oxygen atoms in total. The normalized spacial score (nSPS) is 14.9. The minimum atomic E-state index is 0.693. The predicted molar refractivity (Wildman–Crippen MR) is 81.1 cm³/mol. The monoisotopic (exact) mass is 283 g/mol. The van der Waals surface area contributed by atoms with E-state index in [9.17, 15) is 0 Å². The van der Waals surface area contributed by atoms with E-state index in [0.717, 1.165) is 32.5 Å². The van der Waals surface area contributed by atoms with E-state index in [1.54, 1.807) is 7.11 Å². The number of rotatable bonds is 9. The van der Waals surface area contributed by atoms with Crippen molar-refractivity contribution in [3.05, 3.63) is 10.6 Å². The maximum Gasteiger partial charge on any atom is 0.186 e. The van der Waals surface area contributed by atoms with Crippen LogP contribution in [0.5, 0.6) is 0 Å². The van der Waals surface area contributed by atoms with Crippen LogP contribution < -0.4 is 10.2 Å². The molecule has 1 heterocycles. The van der Waals surface area contributed by atoms with Gasteiger partial charge in [0.05, 0.1) is 12.3 Å². The highest BCUT2D eigenvalue weighted by Gasteiger charge is 2.31. The molecule has 0 aromatic carbocycles. The van der Waals surface area contributed by atoms with Crippen LogP contribution in [0.2, 0.25) is 0 Å². The summed E-state index contributed by atoms with van der Waals surface area (Å²) in [5.74, 6) is 0. The first-order valence-electron chi connectivity index (χ1n) is 7.18. The summed E-state index contributed by atoms with van der Waals surface area (Å²) in [6.45, 7) is 4.88. The molecule has 0 bridgehead atoms. The Labute approximate surface area is 120 Å². The Bertz CT molecular complexity index is 367. The van der Waals surface area contributed by atoms with Crippen LogP contribution in [0.4, 0.5) is 5.13 Å². The molecule has 19 heavy (non-hydrogen) atoms. The minimum absolute atomic E-state index is 0.693. The van der Waals surface area contributed by atoms with Gasteiger partial charge in [-0.25, -0.2) is 4.98 Å². The van der Waals surface area contributed by atoms with Crippen molar-refractivity contribution in [2.75, 3.05) is 32.2 Å². The topological polar surface area (TPSA) is 37.4 Å². The third-order valence-corrected chi connectivity index (χ3v) is 4.50. The highest BCUT2D eigenvalue weighted by molar-refractivity contribution is 7.15. The Morgan fingerprint density at radius 1 is 1.47 bits per heavy atom. The van der Waals surface area contributed by atoms with E-state index in [0.29, 0.717) is 6.04 Å². The summed E-state index contributed by atoms with van der Waals surface area (Å²) in [6, 6.07) is 0.693. The summed E-state index contributed by atoms with van der Waals surface area (Å²) in [7, 11) is 3.76. The molecule has 5 heteroatoms. The van der Waals surface area contributed by atoms with Gasteiger partial charge in [-0.3, -0.25) is 0 Å². The second kappa shape index (κ2) is 7.22. The number of aryl methyl sites for hydroxylation is 1. The average Bonchev–Trinajstić information content (AvgIpc) is 3.16. The van der Waals surface area contributed by atoms with Crippen molar-refractivity contribution in [3.63, 3.8) is 0 Å². The lowest BCUT2D eigenvalue weighted by Crippen LogP contribution is -2.29. The van der Waals surface area contributed by atoms with Crippen molar-refractivity contribution in [2.45, 2.75) is 45.2 Å². The summed E-state index contributed by atoms with van der Waals surface area (Å²) in [6.07, 6.45) is 4.83. The zero-order valence-corrected chi connectivity index (χ0v) is 13.1. The van der Waals surface area contributed by atoms with Crippen LogP contribution in [0.15, 0.2) is 0 Å². The maximum absolute atomic E-state index is 5.23.